The summed E-state index contributed by atoms with van der Waals surface area (Å²) in [6.07, 6.45) is 10.5. The Balaban J connectivity index is 1.00. The minimum atomic E-state index is -0.793. The van der Waals surface area contributed by atoms with Gasteiger partial charge in [-0.25, -0.2) is 5.48 Å². The number of aliphatic carboxylic acids is 1. The van der Waals surface area contributed by atoms with Crippen molar-refractivity contribution in [3.63, 3.8) is 0 Å². The predicted molar refractivity (Wildman–Crippen MR) is 210 cm³/mol. The second kappa shape index (κ2) is 24.4. The fourth-order valence-electron chi connectivity index (χ4n) is 5.99. The van der Waals surface area contributed by atoms with E-state index in [1.54, 1.807) is 10.9 Å². The summed E-state index contributed by atoms with van der Waals surface area (Å²) in [6, 6.07) is 16.8. The number of para-hydroxylation sites is 1. The summed E-state index contributed by atoms with van der Waals surface area (Å²) in [5.41, 5.74) is 4.75. The van der Waals surface area contributed by atoms with Crippen molar-refractivity contribution in [2.75, 3.05) is 11.9 Å². The highest BCUT2D eigenvalue weighted by atomic mass is 32.2. The third-order valence-electron chi connectivity index (χ3n) is 9.06. The highest BCUT2D eigenvalue weighted by Gasteiger charge is 2.38. The average molecular weight is 792 g/mol. The van der Waals surface area contributed by atoms with Crippen molar-refractivity contribution in [2.45, 2.75) is 126 Å². The maximum atomic E-state index is 13.0. The number of amides is 5. The molecule has 1 aliphatic heterocycles. The highest BCUT2D eigenvalue weighted by Crippen LogP contribution is 2.32. The lowest BCUT2D eigenvalue weighted by Crippen LogP contribution is -2.32. The normalized spacial score (nSPS) is 13.9. The van der Waals surface area contributed by atoms with Gasteiger partial charge < -0.3 is 15.7 Å². The van der Waals surface area contributed by atoms with E-state index < -0.39 is 11.2 Å². The Morgan fingerprint density at radius 1 is 0.768 bits per heavy atom. The molecule has 2 heterocycles. The van der Waals surface area contributed by atoms with Crippen molar-refractivity contribution in [1.29, 1.82) is 0 Å². The van der Waals surface area contributed by atoms with Gasteiger partial charge in [0.15, 0.2) is 0 Å². The number of benzene rings is 2. The molecule has 0 radical (unpaired) electrons. The number of nitrogens with zero attached hydrogens (tertiary/aromatic N) is 4. The monoisotopic (exact) mass is 791 g/mol. The first-order valence-electron chi connectivity index (χ1n) is 19.4. The van der Waals surface area contributed by atoms with Crippen molar-refractivity contribution in [1.82, 2.24) is 30.7 Å². The maximum absolute atomic E-state index is 13.0. The smallest absolute Gasteiger partial charge is 0.303 e. The lowest BCUT2D eigenvalue weighted by Gasteiger charge is -2.15. The average Bonchev–Trinajstić information content (AvgIpc) is 3.75. The van der Waals surface area contributed by atoms with E-state index in [1.807, 2.05) is 54.6 Å². The van der Waals surface area contributed by atoms with Gasteiger partial charge in [0.1, 0.15) is 5.69 Å². The minimum Gasteiger partial charge on any atom is -0.481 e. The molecule has 2 aromatic carbocycles. The van der Waals surface area contributed by atoms with Crippen molar-refractivity contribution in [3.8, 4) is 0 Å². The number of carboxylic acids is 1. The number of carbonyl (C=O) groups is 6. The molecule has 0 spiro atoms. The largest absolute Gasteiger partial charge is 0.481 e. The van der Waals surface area contributed by atoms with Crippen molar-refractivity contribution < 1.29 is 38.7 Å². The van der Waals surface area contributed by atoms with Gasteiger partial charge in [-0.05, 0) is 68.4 Å². The van der Waals surface area contributed by atoms with Crippen LogP contribution in [0.3, 0.4) is 0 Å². The number of nitrogens with one attached hydrogen (secondary N) is 3. The quantitative estimate of drug-likeness (QED) is 0.0429. The molecule has 0 aliphatic carbocycles. The summed E-state index contributed by atoms with van der Waals surface area (Å²) in [7, 11) is 0. The van der Waals surface area contributed by atoms with Gasteiger partial charge in [-0.3, -0.25) is 43.2 Å². The Hall–Kier alpha value is -5.09. The number of likely N-dealkylation sites (tertiary alicyclic amines) is 1. The number of carboxylic acid groups (broad SMARTS) is 1. The van der Waals surface area contributed by atoms with Crippen molar-refractivity contribution in [3.05, 3.63) is 72.1 Å². The number of anilines is 1. The zero-order chi connectivity index (χ0) is 40.0. The van der Waals surface area contributed by atoms with Gasteiger partial charge in [-0.2, -0.15) is 0 Å². The Bertz CT molecular complexity index is 1720. The molecule has 1 atom stereocenters. The maximum Gasteiger partial charge on any atom is 0.303 e. The molecule has 56 heavy (non-hydrogen) atoms. The van der Waals surface area contributed by atoms with Crippen LogP contribution in [0.1, 0.15) is 108 Å². The van der Waals surface area contributed by atoms with Crippen LogP contribution in [0.25, 0.3) is 0 Å². The van der Waals surface area contributed by atoms with Gasteiger partial charge in [0.05, 0.1) is 24.6 Å². The molecular weight excluding hydrogens is 739 g/mol. The summed E-state index contributed by atoms with van der Waals surface area (Å²) in [6.45, 7) is 1.42. The van der Waals surface area contributed by atoms with Crippen molar-refractivity contribution in [2.24, 2.45) is 0 Å². The molecular formula is C40H53N7O8S. The summed E-state index contributed by atoms with van der Waals surface area (Å²) >= 11 is 1.35. The van der Waals surface area contributed by atoms with E-state index in [1.165, 1.54) is 16.7 Å². The summed E-state index contributed by atoms with van der Waals surface area (Å²) < 4.78 is 1.69. The fourth-order valence-corrected chi connectivity index (χ4v) is 7.07. The van der Waals surface area contributed by atoms with Crippen LogP contribution in [0.2, 0.25) is 0 Å². The molecule has 4 N–H and O–H groups in total. The van der Waals surface area contributed by atoms with Gasteiger partial charge in [-0.15, -0.1) is 16.9 Å². The van der Waals surface area contributed by atoms with Gasteiger partial charge >= 0.3 is 5.97 Å². The Labute approximate surface area is 331 Å². The molecule has 3 aromatic rings. The van der Waals surface area contributed by atoms with Crippen LogP contribution in [0.4, 0.5) is 5.69 Å². The third-order valence-corrected chi connectivity index (χ3v) is 10.3. The first-order chi connectivity index (χ1) is 27.2. The molecule has 0 bridgehead atoms. The molecule has 1 aliphatic rings. The minimum absolute atomic E-state index is 0.0130. The van der Waals surface area contributed by atoms with Gasteiger partial charge in [0, 0.05) is 55.8 Å². The second-order valence-corrected chi connectivity index (χ2v) is 15.0. The van der Waals surface area contributed by atoms with E-state index in [9.17, 15) is 28.8 Å². The zero-order valence-electron chi connectivity index (χ0n) is 31.8. The Morgan fingerprint density at radius 2 is 1.41 bits per heavy atom. The Kier molecular flexibility index (Phi) is 19.0. The number of hydrogen-bond donors (Lipinski definition) is 4. The number of unbranched alkanes of at least 4 members (excludes halogenated alkanes) is 7. The van der Waals surface area contributed by atoms with Crippen LogP contribution in [-0.2, 0) is 53.3 Å². The van der Waals surface area contributed by atoms with E-state index in [0.29, 0.717) is 70.2 Å². The number of aryl methyl sites for hydroxylation is 1. The molecule has 1 fully saturated rings. The number of aromatic nitrogens is 3. The first kappa shape index (κ1) is 43.6. The lowest BCUT2D eigenvalue weighted by molar-refractivity contribution is -0.139. The molecule has 1 saturated heterocycles. The van der Waals surface area contributed by atoms with Crippen molar-refractivity contribution >= 4 is 53.0 Å². The predicted octanol–water partition coefficient (Wildman–Crippen LogP) is 5.55. The van der Waals surface area contributed by atoms with Gasteiger partial charge in [0.2, 0.25) is 29.5 Å². The van der Waals surface area contributed by atoms with E-state index in [2.05, 4.69) is 26.4 Å². The highest BCUT2D eigenvalue weighted by molar-refractivity contribution is 8.00. The zero-order valence-corrected chi connectivity index (χ0v) is 32.6. The standard InChI is InChI=1S/C40H53N7O8S/c48-35(41-27-32-28-46(45-43-32)24-12-5-11-19-39(52)53)16-10-4-13-25-47-38(51)26-34(40(47)54)56-33-22-20-30(21-23-33)29-55-44-37(50)18-9-2-1-8-17-36(49)42-31-14-6-3-7-15-31/h3,6-7,14-15,20-23,28,34H,1-2,4-5,8-13,16-19,24-27,29H2,(H,41,48)(H,42,49)(H,44,50)(H,52,53). The SMILES string of the molecule is O=C(O)CCCCCn1cc(CNC(=O)CCCCCN2C(=O)CC(Sc3ccc(CONC(=O)CCCCCCC(=O)Nc4ccccc4)cc3)C2=O)nn1. The number of carbonyl (C=O) groups excluding carboxylic acids is 5. The number of rotatable bonds is 27. The summed E-state index contributed by atoms with van der Waals surface area (Å²) in [4.78, 5) is 80.3. The van der Waals surface area contributed by atoms with E-state index in [-0.39, 0.29) is 55.5 Å². The number of thioether (sulfide) groups is 1. The molecule has 0 saturated carbocycles. The lowest BCUT2D eigenvalue weighted by atomic mass is 10.1. The van der Waals surface area contributed by atoms with E-state index in [4.69, 9.17) is 9.94 Å². The van der Waals surface area contributed by atoms with Crippen LogP contribution >= 0.6 is 11.8 Å². The number of hydrogen-bond acceptors (Lipinski definition) is 10. The Morgan fingerprint density at radius 3 is 2.12 bits per heavy atom. The second-order valence-electron chi connectivity index (χ2n) is 13.7. The van der Waals surface area contributed by atoms with E-state index in [0.717, 1.165) is 48.3 Å². The van der Waals surface area contributed by atoms with E-state index >= 15 is 0 Å². The molecule has 15 nitrogen and oxygen atoms in total. The molecule has 5 amide bonds. The first-order valence-corrected chi connectivity index (χ1v) is 20.3. The summed E-state index contributed by atoms with van der Waals surface area (Å²) in [5, 5.41) is 22.0. The van der Waals surface area contributed by atoms with Crippen LogP contribution in [0, 0.1) is 0 Å². The van der Waals surface area contributed by atoms with Gasteiger partial charge in [-0.1, -0.05) is 61.2 Å². The number of imide groups is 1. The molecule has 1 aromatic heterocycles. The number of hydroxylamine groups is 1. The molecule has 302 valence electrons. The van der Waals surface area contributed by atoms with Crippen LogP contribution in [0.5, 0.6) is 0 Å². The van der Waals surface area contributed by atoms with Crippen LogP contribution in [0.15, 0.2) is 65.7 Å². The van der Waals surface area contributed by atoms with Crippen LogP contribution < -0.4 is 16.1 Å². The molecule has 4 rings (SSSR count). The topological polar surface area (TPSA) is 202 Å². The summed E-state index contributed by atoms with van der Waals surface area (Å²) in [5.74, 6) is -1.50. The molecule has 1 unspecified atom stereocenters. The van der Waals surface area contributed by atoms with Crippen LogP contribution in [-0.4, -0.2) is 72.3 Å². The fraction of sp³-hybridized carbons (Fsp3) is 0.500. The molecule has 16 heteroatoms. The van der Waals surface area contributed by atoms with Gasteiger partial charge in [0.25, 0.3) is 0 Å². The third kappa shape index (κ3) is 16.7.